The minimum Gasteiger partial charge on any atom is -0.353 e. The Labute approximate surface area is 138 Å². The van der Waals surface area contributed by atoms with Crippen molar-refractivity contribution in [3.05, 3.63) is 24.4 Å². The average molecular weight is 336 g/mol. The number of amides is 2. The fourth-order valence-electron chi connectivity index (χ4n) is 2.49. The number of thiocarbonyl (C=S) groups is 1. The number of carbonyl (C=O) groups is 2. The summed E-state index contributed by atoms with van der Waals surface area (Å²) in [4.78, 5) is 33.7. The van der Waals surface area contributed by atoms with Crippen LogP contribution in [-0.2, 0) is 9.59 Å². The molecule has 8 heteroatoms. The molecule has 3 rings (SSSR count). The lowest BCUT2D eigenvalue weighted by Crippen LogP contribution is -2.51. The van der Waals surface area contributed by atoms with E-state index < -0.39 is 0 Å². The van der Waals surface area contributed by atoms with E-state index in [1.165, 1.54) is 16.7 Å². The lowest BCUT2D eigenvalue weighted by Gasteiger charge is -2.36. The second-order valence-corrected chi connectivity index (χ2v) is 6.70. The van der Waals surface area contributed by atoms with Crippen molar-refractivity contribution >= 4 is 45.9 Å². The molecule has 1 aromatic heterocycles. The maximum atomic E-state index is 12.3. The van der Waals surface area contributed by atoms with Crippen molar-refractivity contribution in [1.29, 1.82) is 0 Å². The van der Waals surface area contributed by atoms with E-state index in [0.29, 0.717) is 23.2 Å². The molecule has 0 atom stereocenters. The van der Waals surface area contributed by atoms with E-state index in [1.54, 1.807) is 11.1 Å². The maximum Gasteiger partial charge on any atom is 0.242 e. The molecule has 2 fully saturated rings. The molecule has 0 saturated carbocycles. The van der Waals surface area contributed by atoms with Crippen molar-refractivity contribution in [2.75, 3.05) is 43.4 Å². The van der Waals surface area contributed by atoms with E-state index in [9.17, 15) is 9.59 Å². The fraction of sp³-hybridized carbons (Fsp3) is 0.429. The van der Waals surface area contributed by atoms with Crippen molar-refractivity contribution < 1.29 is 9.59 Å². The second-order valence-electron chi connectivity index (χ2n) is 5.09. The van der Waals surface area contributed by atoms with Crippen LogP contribution in [0, 0.1) is 0 Å². The molecule has 0 aromatic carbocycles. The predicted octanol–water partition coefficient (Wildman–Crippen LogP) is 0.591. The van der Waals surface area contributed by atoms with Gasteiger partial charge in [-0.2, -0.15) is 0 Å². The van der Waals surface area contributed by atoms with Gasteiger partial charge in [0, 0.05) is 32.4 Å². The van der Waals surface area contributed by atoms with Crippen LogP contribution in [0.1, 0.15) is 0 Å². The van der Waals surface area contributed by atoms with E-state index in [2.05, 4.69) is 9.88 Å². The van der Waals surface area contributed by atoms with E-state index in [-0.39, 0.29) is 18.4 Å². The van der Waals surface area contributed by atoms with Crippen molar-refractivity contribution in [1.82, 2.24) is 14.8 Å². The third kappa shape index (κ3) is 3.22. The second kappa shape index (κ2) is 6.62. The first-order valence-electron chi connectivity index (χ1n) is 7.06. The Balaban J connectivity index is 1.54. The maximum absolute atomic E-state index is 12.3. The SMILES string of the molecule is O=C(CN1C(=O)CSC1=S)N1CCN(c2ccccn2)CC1. The first kappa shape index (κ1) is 15.2. The smallest absolute Gasteiger partial charge is 0.242 e. The number of rotatable bonds is 3. The van der Waals surface area contributed by atoms with Gasteiger partial charge < -0.3 is 9.80 Å². The lowest BCUT2D eigenvalue weighted by atomic mass is 10.3. The summed E-state index contributed by atoms with van der Waals surface area (Å²) in [5, 5.41) is 0. The number of piperazine rings is 1. The topological polar surface area (TPSA) is 56.8 Å². The van der Waals surface area contributed by atoms with Gasteiger partial charge >= 0.3 is 0 Å². The molecule has 0 spiro atoms. The van der Waals surface area contributed by atoms with Crippen molar-refractivity contribution in [2.45, 2.75) is 0 Å². The molecular weight excluding hydrogens is 320 g/mol. The minimum absolute atomic E-state index is 0.0427. The molecule has 2 aliphatic heterocycles. The van der Waals surface area contributed by atoms with Crippen LogP contribution < -0.4 is 4.90 Å². The van der Waals surface area contributed by atoms with E-state index in [1.807, 2.05) is 18.2 Å². The number of carbonyl (C=O) groups excluding carboxylic acids is 2. The highest BCUT2D eigenvalue weighted by Crippen LogP contribution is 2.19. The van der Waals surface area contributed by atoms with E-state index in [4.69, 9.17) is 12.2 Å². The summed E-state index contributed by atoms with van der Waals surface area (Å²) in [6.45, 7) is 2.83. The molecule has 116 valence electrons. The number of hydrogen-bond donors (Lipinski definition) is 0. The molecule has 0 unspecified atom stereocenters. The molecule has 1 aromatic rings. The van der Waals surface area contributed by atoms with Crippen molar-refractivity contribution in [2.24, 2.45) is 0 Å². The van der Waals surface area contributed by atoms with Gasteiger partial charge in [-0.25, -0.2) is 4.98 Å². The summed E-state index contributed by atoms with van der Waals surface area (Å²) in [5.41, 5.74) is 0. The summed E-state index contributed by atoms with van der Waals surface area (Å²) < 4.78 is 0.505. The van der Waals surface area contributed by atoms with Gasteiger partial charge in [-0.1, -0.05) is 30.0 Å². The van der Waals surface area contributed by atoms with Crippen molar-refractivity contribution in [3.8, 4) is 0 Å². The molecule has 2 amide bonds. The Morgan fingerprint density at radius 3 is 2.64 bits per heavy atom. The standard InChI is InChI=1S/C14H16N4O2S2/c19-12(9-18-13(20)10-22-14(18)21)17-7-5-16(6-8-17)11-3-1-2-4-15-11/h1-4H,5-10H2. The highest BCUT2D eigenvalue weighted by molar-refractivity contribution is 8.23. The number of pyridine rings is 1. The first-order valence-corrected chi connectivity index (χ1v) is 8.45. The average Bonchev–Trinajstić information content (AvgIpc) is 2.88. The van der Waals surface area contributed by atoms with Gasteiger partial charge in [-0.3, -0.25) is 14.5 Å². The van der Waals surface area contributed by atoms with Crippen LogP contribution in [0.15, 0.2) is 24.4 Å². The summed E-state index contributed by atoms with van der Waals surface area (Å²) in [6.07, 6.45) is 1.77. The van der Waals surface area contributed by atoms with E-state index in [0.717, 1.165) is 18.9 Å². The summed E-state index contributed by atoms with van der Waals surface area (Å²) in [7, 11) is 0. The molecule has 0 N–H and O–H groups in total. The Hall–Kier alpha value is -1.67. The molecule has 2 saturated heterocycles. The van der Waals surface area contributed by atoms with Crippen LogP contribution >= 0.6 is 24.0 Å². The van der Waals surface area contributed by atoms with Crippen LogP contribution in [0.5, 0.6) is 0 Å². The van der Waals surface area contributed by atoms with Crippen LogP contribution in [0.3, 0.4) is 0 Å². The number of anilines is 1. The van der Waals surface area contributed by atoms with Gasteiger partial charge in [0.05, 0.1) is 5.75 Å². The van der Waals surface area contributed by atoms with Crippen LogP contribution in [0.25, 0.3) is 0 Å². The van der Waals surface area contributed by atoms with Gasteiger partial charge in [-0.05, 0) is 12.1 Å². The largest absolute Gasteiger partial charge is 0.353 e. The van der Waals surface area contributed by atoms with Gasteiger partial charge in [0.2, 0.25) is 11.8 Å². The predicted molar refractivity (Wildman–Crippen MR) is 89.8 cm³/mol. The fourth-order valence-corrected chi connectivity index (χ4v) is 3.56. The number of hydrogen-bond acceptors (Lipinski definition) is 6. The van der Waals surface area contributed by atoms with Crippen LogP contribution in [0.4, 0.5) is 5.82 Å². The molecular formula is C14H16N4O2S2. The molecule has 22 heavy (non-hydrogen) atoms. The van der Waals surface area contributed by atoms with Gasteiger partial charge in [-0.15, -0.1) is 0 Å². The Morgan fingerprint density at radius 1 is 1.27 bits per heavy atom. The monoisotopic (exact) mass is 336 g/mol. The third-order valence-corrected chi connectivity index (χ3v) is 5.17. The van der Waals surface area contributed by atoms with Gasteiger partial charge in [0.25, 0.3) is 0 Å². The number of thioether (sulfide) groups is 1. The Morgan fingerprint density at radius 2 is 2.05 bits per heavy atom. The normalized spacial score (nSPS) is 19.0. The summed E-state index contributed by atoms with van der Waals surface area (Å²) in [6, 6.07) is 5.81. The van der Waals surface area contributed by atoms with E-state index >= 15 is 0 Å². The third-order valence-electron chi connectivity index (χ3n) is 3.74. The number of nitrogens with zero attached hydrogens (tertiary/aromatic N) is 4. The molecule has 0 aliphatic carbocycles. The van der Waals surface area contributed by atoms with Gasteiger partial charge in [0.1, 0.15) is 16.7 Å². The molecule has 6 nitrogen and oxygen atoms in total. The molecule has 2 aliphatic rings. The van der Waals surface area contributed by atoms with Crippen molar-refractivity contribution in [3.63, 3.8) is 0 Å². The zero-order valence-electron chi connectivity index (χ0n) is 12.0. The zero-order chi connectivity index (χ0) is 15.5. The minimum atomic E-state index is -0.0736. The summed E-state index contributed by atoms with van der Waals surface area (Å²) in [5.74, 6) is 1.16. The number of aromatic nitrogens is 1. The highest BCUT2D eigenvalue weighted by atomic mass is 32.2. The molecule has 0 radical (unpaired) electrons. The first-order chi connectivity index (χ1) is 10.6. The zero-order valence-corrected chi connectivity index (χ0v) is 13.6. The Bertz CT molecular complexity index is 572. The Kier molecular flexibility index (Phi) is 4.58. The summed E-state index contributed by atoms with van der Waals surface area (Å²) >= 11 is 6.42. The highest BCUT2D eigenvalue weighted by Gasteiger charge is 2.31. The van der Waals surface area contributed by atoms with Crippen LogP contribution in [0.2, 0.25) is 0 Å². The lowest BCUT2D eigenvalue weighted by molar-refractivity contribution is -0.136. The van der Waals surface area contributed by atoms with Gasteiger partial charge in [0.15, 0.2) is 0 Å². The molecule has 0 bridgehead atoms. The van der Waals surface area contributed by atoms with Crippen LogP contribution in [-0.4, -0.2) is 69.4 Å². The quantitative estimate of drug-likeness (QED) is 0.753. The molecule has 3 heterocycles.